The van der Waals surface area contributed by atoms with E-state index in [1.54, 1.807) is 59.2 Å². The molecule has 0 fully saturated rings. The number of benzene rings is 3. The third-order valence-corrected chi connectivity index (χ3v) is 5.94. The molecule has 0 saturated heterocycles. The van der Waals surface area contributed by atoms with Gasteiger partial charge in [0.15, 0.2) is 5.43 Å². The van der Waals surface area contributed by atoms with Gasteiger partial charge >= 0.3 is 0 Å². The number of nitro benzene ring substituents is 1. The Morgan fingerprint density at radius 1 is 1.03 bits per heavy atom. The number of furan rings is 1. The van der Waals surface area contributed by atoms with Crippen molar-refractivity contribution in [2.45, 2.75) is 6.54 Å². The van der Waals surface area contributed by atoms with Crippen LogP contribution in [0.2, 0.25) is 5.02 Å². The summed E-state index contributed by atoms with van der Waals surface area (Å²) < 4.78 is 7.44. The molecule has 10 heteroatoms. The molecule has 0 aliphatic carbocycles. The Kier molecular flexibility index (Phi) is 6.05. The first kappa shape index (κ1) is 23.0. The van der Waals surface area contributed by atoms with Crippen LogP contribution in [0.3, 0.4) is 0 Å². The van der Waals surface area contributed by atoms with Crippen LogP contribution in [0.15, 0.2) is 93.2 Å². The van der Waals surface area contributed by atoms with Gasteiger partial charge in [0.1, 0.15) is 23.1 Å². The second kappa shape index (κ2) is 9.47. The number of halogens is 1. The van der Waals surface area contributed by atoms with Crippen LogP contribution in [-0.4, -0.2) is 21.6 Å². The highest BCUT2D eigenvalue weighted by Gasteiger charge is 2.15. The first-order valence-electron chi connectivity index (χ1n) is 10.8. The molecule has 5 rings (SSSR count). The number of hydrazone groups is 1. The molecule has 3 aromatic carbocycles. The Bertz CT molecular complexity index is 1680. The molecule has 0 radical (unpaired) electrons. The predicted molar refractivity (Wildman–Crippen MR) is 137 cm³/mol. The lowest BCUT2D eigenvalue weighted by molar-refractivity contribution is -0.384. The normalized spacial score (nSPS) is 11.4. The van der Waals surface area contributed by atoms with E-state index in [2.05, 4.69) is 10.5 Å². The third-order valence-electron chi connectivity index (χ3n) is 5.62. The average Bonchev–Trinajstić information content (AvgIpc) is 3.35. The van der Waals surface area contributed by atoms with Crippen molar-refractivity contribution in [3.63, 3.8) is 0 Å². The van der Waals surface area contributed by atoms with Gasteiger partial charge in [-0.1, -0.05) is 35.9 Å². The minimum atomic E-state index is -0.568. The van der Waals surface area contributed by atoms with Crippen LogP contribution in [0.1, 0.15) is 5.76 Å². The summed E-state index contributed by atoms with van der Waals surface area (Å²) in [6, 6.07) is 21.9. The molecule has 0 atom stereocenters. The standard InChI is InChI=1S/C26H17ClN4O5/c27-20-11-9-16(13-23(20)31(34)35)24-12-10-17(36-24)14-28-29-25(32)15-30-21-7-3-1-5-18(21)26(33)19-6-2-4-8-22(19)30/h1-14H,15H2,(H,29,32)/b28-14+. The van der Waals surface area contributed by atoms with E-state index >= 15 is 0 Å². The number of carbonyl (C=O) groups is 1. The summed E-state index contributed by atoms with van der Waals surface area (Å²) in [4.78, 5) is 36.1. The summed E-state index contributed by atoms with van der Waals surface area (Å²) in [6.45, 7) is -0.0590. The van der Waals surface area contributed by atoms with Crippen molar-refractivity contribution in [3.8, 4) is 11.3 Å². The minimum absolute atomic E-state index is 0.0307. The van der Waals surface area contributed by atoms with Gasteiger partial charge in [0.25, 0.3) is 11.6 Å². The number of nitrogens with one attached hydrogen (secondary N) is 1. The number of aromatic nitrogens is 1. The monoisotopic (exact) mass is 500 g/mol. The molecule has 1 amide bonds. The van der Waals surface area contributed by atoms with Crippen molar-refractivity contribution in [3.05, 3.63) is 110 Å². The van der Waals surface area contributed by atoms with Crippen LogP contribution in [-0.2, 0) is 11.3 Å². The van der Waals surface area contributed by atoms with E-state index in [0.717, 1.165) is 0 Å². The first-order valence-corrected chi connectivity index (χ1v) is 11.2. The molecular weight excluding hydrogens is 484 g/mol. The number of amides is 1. The van der Waals surface area contributed by atoms with Crippen LogP contribution in [0.25, 0.3) is 33.1 Å². The molecule has 0 aliphatic heterocycles. The van der Waals surface area contributed by atoms with Crippen molar-refractivity contribution >= 4 is 51.2 Å². The van der Waals surface area contributed by atoms with E-state index in [-0.39, 0.29) is 22.7 Å². The predicted octanol–water partition coefficient (Wildman–Crippen LogP) is 5.13. The zero-order valence-electron chi connectivity index (χ0n) is 18.6. The number of nitro groups is 1. The van der Waals surface area contributed by atoms with Crippen LogP contribution < -0.4 is 10.9 Å². The number of hydrogen-bond donors (Lipinski definition) is 1. The maximum Gasteiger partial charge on any atom is 0.288 e. The number of para-hydroxylation sites is 2. The molecule has 9 nitrogen and oxygen atoms in total. The molecule has 36 heavy (non-hydrogen) atoms. The second-order valence-corrected chi connectivity index (χ2v) is 8.28. The summed E-state index contributed by atoms with van der Waals surface area (Å²) in [5, 5.41) is 16.2. The van der Waals surface area contributed by atoms with Crippen molar-refractivity contribution in [2.24, 2.45) is 5.10 Å². The SMILES string of the molecule is O=C(Cn1c2ccccc2c(=O)c2ccccc21)N/N=C/c1ccc(-c2ccc(Cl)c([N+](=O)[O-])c2)o1. The van der Waals surface area contributed by atoms with Crippen LogP contribution in [0, 0.1) is 10.1 Å². The summed E-state index contributed by atoms with van der Waals surface area (Å²) in [5.74, 6) is 0.321. The number of carbonyl (C=O) groups excluding carboxylic acids is 1. The summed E-state index contributed by atoms with van der Waals surface area (Å²) in [7, 11) is 0. The Labute approximate surface area is 208 Å². The topological polar surface area (TPSA) is 120 Å². The molecule has 1 N–H and O–H groups in total. The number of nitrogens with zero attached hydrogens (tertiary/aromatic N) is 3. The van der Waals surface area contributed by atoms with Gasteiger partial charge in [0, 0.05) is 22.4 Å². The van der Waals surface area contributed by atoms with Crippen LogP contribution in [0.4, 0.5) is 5.69 Å². The highest BCUT2D eigenvalue weighted by atomic mass is 35.5. The van der Waals surface area contributed by atoms with Crippen LogP contribution in [0.5, 0.6) is 0 Å². The molecule has 2 heterocycles. The number of hydrogen-bond acceptors (Lipinski definition) is 6. The Hall–Kier alpha value is -4.76. The lowest BCUT2D eigenvalue weighted by Gasteiger charge is -2.14. The van der Waals surface area contributed by atoms with Gasteiger partial charge in [-0.25, -0.2) is 5.43 Å². The van der Waals surface area contributed by atoms with E-state index in [9.17, 15) is 19.7 Å². The summed E-state index contributed by atoms with van der Waals surface area (Å²) in [5.41, 5.74) is 3.93. The number of pyridine rings is 1. The quantitative estimate of drug-likeness (QED) is 0.150. The number of rotatable bonds is 6. The fourth-order valence-corrected chi connectivity index (χ4v) is 4.16. The van der Waals surface area contributed by atoms with Crippen molar-refractivity contribution in [1.82, 2.24) is 9.99 Å². The second-order valence-electron chi connectivity index (χ2n) is 7.87. The van der Waals surface area contributed by atoms with Crippen molar-refractivity contribution in [1.29, 1.82) is 0 Å². The largest absolute Gasteiger partial charge is 0.455 e. The van der Waals surface area contributed by atoms with Gasteiger partial charge in [-0.3, -0.25) is 19.7 Å². The minimum Gasteiger partial charge on any atom is -0.455 e. The van der Waals surface area contributed by atoms with E-state index in [1.807, 2.05) is 12.1 Å². The van der Waals surface area contributed by atoms with Gasteiger partial charge in [0.05, 0.1) is 22.2 Å². The molecular formula is C26H17ClN4O5. The fraction of sp³-hybridized carbons (Fsp3) is 0.0385. The first-order chi connectivity index (χ1) is 17.4. The van der Waals surface area contributed by atoms with Crippen molar-refractivity contribution in [2.75, 3.05) is 0 Å². The van der Waals surface area contributed by atoms with Gasteiger partial charge < -0.3 is 8.98 Å². The molecule has 0 spiro atoms. The highest BCUT2D eigenvalue weighted by Crippen LogP contribution is 2.31. The lowest BCUT2D eigenvalue weighted by atomic mass is 10.1. The maximum atomic E-state index is 12.8. The molecule has 0 bridgehead atoms. The third kappa shape index (κ3) is 4.35. The van der Waals surface area contributed by atoms with E-state index in [0.29, 0.717) is 38.9 Å². The summed E-state index contributed by atoms with van der Waals surface area (Å²) >= 11 is 5.86. The average molecular weight is 501 g/mol. The summed E-state index contributed by atoms with van der Waals surface area (Å²) in [6.07, 6.45) is 1.33. The van der Waals surface area contributed by atoms with Crippen molar-refractivity contribution < 1.29 is 14.1 Å². The lowest BCUT2D eigenvalue weighted by Crippen LogP contribution is -2.25. The molecule has 5 aromatic rings. The number of fused-ring (bicyclic) bond motifs is 2. The Balaban J connectivity index is 1.35. The zero-order valence-corrected chi connectivity index (χ0v) is 19.3. The molecule has 178 valence electrons. The van der Waals surface area contributed by atoms with Gasteiger partial charge in [-0.2, -0.15) is 5.10 Å². The van der Waals surface area contributed by atoms with Gasteiger partial charge in [-0.15, -0.1) is 0 Å². The fourth-order valence-electron chi connectivity index (χ4n) is 3.98. The smallest absolute Gasteiger partial charge is 0.288 e. The van der Waals surface area contributed by atoms with E-state index < -0.39 is 10.8 Å². The highest BCUT2D eigenvalue weighted by molar-refractivity contribution is 6.32. The molecule has 2 aromatic heterocycles. The zero-order chi connectivity index (χ0) is 25.2. The maximum absolute atomic E-state index is 12.8. The van der Waals surface area contributed by atoms with E-state index in [4.69, 9.17) is 16.0 Å². The Morgan fingerprint density at radius 3 is 2.36 bits per heavy atom. The molecule has 0 aliphatic rings. The van der Waals surface area contributed by atoms with Crippen LogP contribution >= 0.6 is 11.6 Å². The molecule has 0 unspecified atom stereocenters. The van der Waals surface area contributed by atoms with Gasteiger partial charge in [-0.05, 0) is 48.5 Å². The van der Waals surface area contributed by atoms with E-state index in [1.165, 1.54) is 18.3 Å². The van der Waals surface area contributed by atoms with Gasteiger partial charge in [0.2, 0.25) is 0 Å². The Morgan fingerprint density at radius 2 is 1.69 bits per heavy atom. The molecule has 0 saturated carbocycles.